The summed E-state index contributed by atoms with van der Waals surface area (Å²) in [7, 11) is 1.76. The summed E-state index contributed by atoms with van der Waals surface area (Å²) in [5.74, 6) is 0.544. The van der Waals surface area contributed by atoms with Gasteiger partial charge < -0.3 is 10.1 Å². The van der Waals surface area contributed by atoms with E-state index in [0.717, 1.165) is 31.0 Å². The Kier molecular flexibility index (Phi) is 6.70. The second-order valence-electron chi connectivity index (χ2n) is 4.48. The molecule has 17 heavy (non-hydrogen) atoms. The van der Waals surface area contributed by atoms with Gasteiger partial charge in [-0.3, -0.25) is 0 Å². The summed E-state index contributed by atoms with van der Waals surface area (Å²) in [5.41, 5.74) is 1.18. The topological polar surface area (TPSA) is 34.2 Å². The van der Waals surface area contributed by atoms with Crippen molar-refractivity contribution in [2.24, 2.45) is 5.92 Å². The van der Waals surface area contributed by atoms with E-state index < -0.39 is 0 Å². The van der Waals surface area contributed by atoms with Gasteiger partial charge >= 0.3 is 0 Å². The Labute approximate surface area is 109 Å². The fourth-order valence-electron chi connectivity index (χ4n) is 1.89. The SMILES string of the molecule is CCCNC(c1csc(C)n1)C(C)CCOC. The molecule has 0 fully saturated rings. The van der Waals surface area contributed by atoms with Crippen LogP contribution in [0.5, 0.6) is 0 Å². The van der Waals surface area contributed by atoms with Gasteiger partial charge in [-0.25, -0.2) is 4.98 Å². The van der Waals surface area contributed by atoms with E-state index in [0.29, 0.717) is 12.0 Å². The number of nitrogens with zero attached hydrogens (tertiary/aromatic N) is 1. The second kappa shape index (κ2) is 7.80. The predicted molar refractivity (Wildman–Crippen MR) is 73.5 cm³/mol. The van der Waals surface area contributed by atoms with Crippen LogP contribution in [0.1, 0.15) is 43.4 Å². The van der Waals surface area contributed by atoms with Gasteiger partial charge in [0.25, 0.3) is 0 Å². The number of nitrogens with one attached hydrogen (secondary N) is 1. The molecule has 2 unspecified atom stereocenters. The first kappa shape index (κ1) is 14.6. The van der Waals surface area contributed by atoms with Gasteiger partial charge in [0.1, 0.15) is 0 Å². The van der Waals surface area contributed by atoms with Gasteiger partial charge in [-0.1, -0.05) is 13.8 Å². The summed E-state index contributed by atoms with van der Waals surface area (Å²) in [6.07, 6.45) is 2.21. The molecule has 1 rings (SSSR count). The molecular weight excluding hydrogens is 232 g/mol. The van der Waals surface area contributed by atoms with Crippen molar-refractivity contribution in [3.05, 3.63) is 16.1 Å². The van der Waals surface area contributed by atoms with Crippen molar-refractivity contribution < 1.29 is 4.74 Å². The molecule has 2 atom stereocenters. The van der Waals surface area contributed by atoms with Crippen LogP contribution in [0.15, 0.2) is 5.38 Å². The summed E-state index contributed by atoms with van der Waals surface area (Å²) < 4.78 is 5.16. The fourth-order valence-corrected chi connectivity index (χ4v) is 2.54. The Balaban J connectivity index is 2.65. The summed E-state index contributed by atoms with van der Waals surface area (Å²) in [6.45, 7) is 8.37. The normalized spacial score (nSPS) is 14.8. The third-order valence-electron chi connectivity index (χ3n) is 2.92. The largest absolute Gasteiger partial charge is 0.385 e. The lowest BCUT2D eigenvalue weighted by atomic mass is 9.96. The first-order valence-electron chi connectivity index (χ1n) is 6.33. The van der Waals surface area contributed by atoms with Crippen molar-refractivity contribution in [1.29, 1.82) is 0 Å². The lowest BCUT2D eigenvalue weighted by Gasteiger charge is -2.23. The lowest BCUT2D eigenvalue weighted by molar-refractivity contribution is 0.169. The average Bonchev–Trinajstić information content (AvgIpc) is 2.73. The zero-order valence-corrected chi connectivity index (χ0v) is 12.1. The first-order valence-corrected chi connectivity index (χ1v) is 7.21. The number of methoxy groups -OCH3 is 1. The number of aromatic nitrogens is 1. The summed E-state index contributed by atoms with van der Waals surface area (Å²) in [4.78, 5) is 4.61. The highest BCUT2D eigenvalue weighted by atomic mass is 32.1. The van der Waals surface area contributed by atoms with Crippen LogP contribution in [0.2, 0.25) is 0 Å². The maximum absolute atomic E-state index is 5.16. The Hall–Kier alpha value is -0.450. The van der Waals surface area contributed by atoms with Crippen LogP contribution >= 0.6 is 11.3 Å². The van der Waals surface area contributed by atoms with Gasteiger partial charge in [-0.15, -0.1) is 11.3 Å². The maximum Gasteiger partial charge on any atom is 0.0898 e. The van der Waals surface area contributed by atoms with Gasteiger partial charge in [0, 0.05) is 19.1 Å². The van der Waals surface area contributed by atoms with Gasteiger partial charge in [-0.05, 0) is 32.2 Å². The maximum atomic E-state index is 5.16. The molecule has 3 nitrogen and oxygen atoms in total. The summed E-state index contributed by atoms with van der Waals surface area (Å²) >= 11 is 1.73. The van der Waals surface area contributed by atoms with E-state index in [9.17, 15) is 0 Å². The number of thiazole rings is 1. The van der Waals surface area contributed by atoms with E-state index in [2.05, 4.69) is 36.5 Å². The van der Waals surface area contributed by atoms with Gasteiger partial charge in [0.2, 0.25) is 0 Å². The Bertz CT molecular complexity index is 314. The molecule has 0 radical (unpaired) electrons. The molecule has 0 spiro atoms. The van der Waals surface area contributed by atoms with Crippen molar-refractivity contribution in [1.82, 2.24) is 10.3 Å². The van der Waals surface area contributed by atoms with E-state index in [1.165, 1.54) is 5.69 Å². The Morgan fingerprint density at radius 1 is 1.53 bits per heavy atom. The van der Waals surface area contributed by atoms with Crippen LogP contribution in [0.3, 0.4) is 0 Å². The van der Waals surface area contributed by atoms with E-state index in [1.54, 1.807) is 18.4 Å². The average molecular weight is 256 g/mol. The summed E-state index contributed by atoms with van der Waals surface area (Å²) in [6, 6.07) is 0.357. The van der Waals surface area contributed by atoms with Crippen molar-refractivity contribution in [2.45, 2.75) is 39.7 Å². The Morgan fingerprint density at radius 3 is 2.82 bits per heavy atom. The molecule has 4 heteroatoms. The summed E-state index contributed by atoms with van der Waals surface area (Å²) in [5, 5.41) is 6.91. The van der Waals surface area contributed by atoms with Crippen LogP contribution < -0.4 is 5.32 Å². The molecule has 0 saturated heterocycles. The van der Waals surface area contributed by atoms with Crippen molar-refractivity contribution >= 4 is 11.3 Å². The van der Waals surface area contributed by atoms with Crippen LogP contribution in [-0.2, 0) is 4.74 Å². The zero-order valence-electron chi connectivity index (χ0n) is 11.3. The highest BCUT2D eigenvalue weighted by Crippen LogP contribution is 2.25. The smallest absolute Gasteiger partial charge is 0.0898 e. The molecule has 1 aromatic rings. The molecule has 0 aromatic carbocycles. The van der Waals surface area contributed by atoms with Gasteiger partial charge in [0.15, 0.2) is 0 Å². The van der Waals surface area contributed by atoms with Crippen molar-refractivity contribution in [2.75, 3.05) is 20.3 Å². The van der Waals surface area contributed by atoms with Crippen molar-refractivity contribution in [3.63, 3.8) is 0 Å². The second-order valence-corrected chi connectivity index (χ2v) is 5.54. The quantitative estimate of drug-likeness (QED) is 0.776. The van der Waals surface area contributed by atoms with Gasteiger partial charge in [0.05, 0.1) is 16.7 Å². The molecule has 0 amide bonds. The minimum atomic E-state index is 0.357. The van der Waals surface area contributed by atoms with Crippen LogP contribution in [0.4, 0.5) is 0 Å². The molecule has 1 aromatic heterocycles. The minimum absolute atomic E-state index is 0.357. The number of rotatable bonds is 8. The van der Waals surface area contributed by atoms with Crippen LogP contribution in [0.25, 0.3) is 0 Å². The molecule has 0 aliphatic heterocycles. The Morgan fingerprint density at radius 2 is 2.29 bits per heavy atom. The molecular formula is C13H24N2OS. The van der Waals surface area contributed by atoms with E-state index >= 15 is 0 Å². The molecule has 98 valence electrons. The van der Waals surface area contributed by atoms with E-state index in [4.69, 9.17) is 4.74 Å². The van der Waals surface area contributed by atoms with Gasteiger partial charge in [-0.2, -0.15) is 0 Å². The highest BCUT2D eigenvalue weighted by molar-refractivity contribution is 7.09. The molecule has 0 aliphatic rings. The first-order chi connectivity index (χ1) is 8.19. The minimum Gasteiger partial charge on any atom is -0.385 e. The number of ether oxygens (including phenoxy) is 1. The fraction of sp³-hybridized carbons (Fsp3) is 0.769. The lowest BCUT2D eigenvalue weighted by Crippen LogP contribution is -2.28. The monoisotopic (exact) mass is 256 g/mol. The van der Waals surface area contributed by atoms with Crippen molar-refractivity contribution in [3.8, 4) is 0 Å². The third kappa shape index (κ3) is 4.74. The predicted octanol–water partition coefficient (Wildman–Crippen LogP) is 3.16. The zero-order chi connectivity index (χ0) is 12.7. The molecule has 0 bridgehead atoms. The number of aryl methyl sites for hydroxylation is 1. The molecule has 0 saturated carbocycles. The highest BCUT2D eigenvalue weighted by Gasteiger charge is 2.20. The number of hydrogen-bond donors (Lipinski definition) is 1. The third-order valence-corrected chi connectivity index (χ3v) is 3.71. The molecule has 0 aliphatic carbocycles. The van der Waals surface area contributed by atoms with E-state index in [-0.39, 0.29) is 0 Å². The standard InChI is InChI=1S/C13H24N2OS/c1-5-7-14-13(10(2)6-8-16-4)12-9-17-11(3)15-12/h9-10,13-14H,5-8H2,1-4H3. The molecule has 1 N–H and O–H groups in total. The van der Waals surface area contributed by atoms with E-state index in [1.807, 2.05) is 0 Å². The molecule has 1 heterocycles. The van der Waals surface area contributed by atoms with Crippen LogP contribution in [0, 0.1) is 12.8 Å². The number of hydrogen-bond acceptors (Lipinski definition) is 4. The van der Waals surface area contributed by atoms with Crippen LogP contribution in [-0.4, -0.2) is 25.2 Å².